The fourth-order valence-electron chi connectivity index (χ4n) is 1.46. The summed E-state index contributed by atoms with van der Waals surface area (Å²) < 4.78 is 5.09. The Labute approximate surface area is 123 Å². The van der Waals surface area contributed by atoms with Crippen molar-refractivity contribution < 1.29 is 9.53 Å². The van der Waals surface area contributed by atoms with Crippen molar-refractivity contribution in [2.75, 3.05) is 0 Å². The highest BCUT2D eigenvalue weighted by Crippen LogP contribution is 2.27. The molecule has 2 aromatic rings. The van der Waals surface area contributed by atoms with Gasteiger partial charge in [-0.1, -0.05) is 6.92 Å². The van der Waals surface area contributed by atoms with E-state index in [1.165, 1.54) is 14.6 Å². The monoisotopic (exact) mass is 296 g/mol. The van der Waals surface area contributed by atoms with Crippen molar-refractivity contribution >= 4 is 28.6 Å². The van der Waals surface area contributed by atoms with E-state index in [0.717, 1.165) is 4.88 Å². The van der Waals surface area contributed by atoms with Crippen LogP contribution in [0, 0.1) is 27.7 Å². The lowest BCUT2D eigenvalue weighted by Crippen LogP contribution is -2.05. The Morgan fingerprint density at radius 3 is 1.95 bits per heavy atom. The van der Waals surface area contributed by atoms with Crippen molar-refractivity contribution in [3.8, 4) is 5.75 Å². The molecule has 2 nitrogen and oxygen atoms in total. The zero-order chi connectivity index (χ0) is 14.4. The van der Waals surface area contributed by atoms with Crippen molar-refractivity contribution in [3.05, 3.63) is 37.7 Å². The molecule has 0 unspecified atom stereocenters. The largest absolute Gasteiger partial charge is 0.425 e. The van der Waals surface area contributed by atoms with Crippen molar-refractivity contribution in [2.24, 2.45) is 0 Å². The van der Waals surface area contributed by atoms with E-state index >= 15 is 0 Å². The van der Waals surface area contributed by atoms with Gasteiger partial charge in [-0.3, -0.25) is 4.79 Å². The molecular weight excluding hydrogens is 276 g/mol. The van der Waals surface area contributed by atoms with E-state index in [1.54, 1.807) is 18.3 Å². The highest BCUT2D eigenvalue weighted by molar-refractivity contribution is 7.12. The normalized spacial score (nSPS) is 9.74. The van der Waals surface area contributed by atoms with Crippen LogP contribution in [0.25, 0.3) is 0 Å². The molecule has 2 aromatic heterocycles. The molecule has 0 aliphatic carbocycles. The molecular formula is C15H20O2S2. The van der Waals surface area contributed by atoms with E-state index in [-0.39, 0.29) is 5.97 Å². The second-order valence-electron chi connectivity index (χ2n) is 4.26. The van der Waals surface area contributed by atoms with Gasteiger partial charge < -0.3 is 4.74 Å². The van der Waals surface area contributed by atoms with E-state index in [0.29, 0.717) is 12.2 Å². The molecule has 4 heteroatoms. The Hall–Kier alpha value is -1.13. The van der Waals surface area contributed by atoms with E-state index in [2.05, 4.69) is 26.0 Å². The van der Waals surface area contributed by atoms with Gasteiger partial charge in [0.1, 0.15) is 5.75 Å². The maximum absolute atomic E-state index is 10.9. The predicted molar refractivity (Wildman–Crippen MR) is 83.5 cm³/mol. The average Bonchev–Trinajstić information content (AvgIpc) is 2.86. The van der Waals surface area contributed by atoms with Gasteiger partial charge >= 0.3 is 5.97 Å². The highest BCUT2D eigenvalue weighted by Gasteiger charge is 2.07. The van der Waals surface area contributed by atoms with Crippen LogP contribution in [0.1, 0.15) is 32.9 Å². The first-order valence-electron chi connectivity index (χ1n) is 6.23. The summed E-state index contributed by atoms with van der Waals surface area (Å²) in [6.07, 6.45) is 0.425. The average molecular weight is 296 g/mol. The van der Waals surface area contributed by atoms with Crippen LogP contribution in [0.5, 0.6) is 5.75 Å². The lowest BCUT2D eigenvalue weighted by atomic mass is 10.4. The quantitative estimate of drug-likeness (QED) is 0.725. The molecule has 2 rings (SSSR count). The van der Waals surface area contributed by atoms with Gasteiger partial charge in [0.2, 0.25) is 0 Å². The van der Waals surface area contributed by atoms with Crippen LogP contribution in [0.2, 0.25) is 0 Å². The Balaban J connectivity index is 0.000000218. The molecule has 0 aliphatic rings. The lowest BCUT2D eigenvalue weighted by Gasteiger charge is -1.99. The third-order valence-electron chi connectivity index (χ3n) is 2.38. The number of thiophene rings is 2. The molecule has 0 bridgehead atoms. The topological polar surface area (TPSA) is 26.3 Å². The van der Waals surface area contributed by atoms with Crippen LogP contribution in [0.3, 0.4) is 0 Å². The van der Waals surface area contributed by atoms with E-state index in [1.807, 2.05) is 31.3 Å². The third-order valence-corrected chi connectivity index (χ3v) is 4.25. The Kier molecular flexibility index (Phi) is 6.25. The molecule has 0 saturated heterocycles. The number of rotatable bonds is 2. The molecule has 104 valence electrons. The smallest absolute Gasteiger partial charge is 0.310 e. The van der Waals surface area contributed by atoms with Crippen molar-refractivity contribution in [2.45, 2.75) is 41.0 Å². The first kappa shape index (κ1) is 15.9. The molecule has 0 aromatic carbocycles. The van der Waals surface area contributed by atoms with E-state index in [4.69, 9.17) is 4.74 Å². The molecule has 0 spiro atoms. The molecule has 0 aliphatic heterocycles. The van der Waals surface area contributed by atoms with Crippen LogP contribution in [0.15, 0.2) is 18.2 Å². The summed E-state index contributed by atoms with van der Waals surface area (Å²) in [5, 5.41) is 0. The summed E-state index contributed by atoms with van der Waals surface area (Å²) in [4.78, 5) is 16.0. The Morgan fingerprint density at radius 2 is 1.63 bits per heavy atom. The summed E-state index contributed by atoms with van der Waals surface area (Å²) in [6, 6.07) is 6.17. The van der Waals surface area contributed by atoms with Crippen LogP contribution in [-0.4, -0.2) is 5.97 Å². The fourth-order valence-corrected chi connectivity index (χ4v) is 3.09. The molecule has 0 atom stereocenters. The Morgan fingerprint density at radius 1 is 1.05 bits per heavy atom. The van der Waals surface area contributed by atoms with Crippen LogP contribution < -0.4 is 4.74 Å². The lowest BCUT2D eigenvalue weighted by molar-refractivity contribution is -0.134. The van der Waals surface area contributed by atoms with Gasteiger partial charge in [0.05, 0.1) is 0 Å². The summed E-state index contributed by atoms with van der Waals surface area (Å²) >= 11 is 3.49. The standard InChI is InChI=1S/C9H12O2S.C6H8S/c1-4-9(10)11-8-5-6(2)12-7(8)3;1-5-3-4-6(2)7-5/h5H,4H2,1-3H3;3-4H,1-2H3. The summed E-state index contributed by atoms with van der Waals surface area (Å²) in [7, 11) is 0. The van der Waals surface area contributed by atoms with Crippen molar-refractivity contribution in [3.63, 3.8) is 0 Å². The van der Waals surface area contributed by atoms with Crippen LogP contribution in [0.4, 0.5) is 0 Å². The van der Waals surface area contributed by atoms with Gasteiger partial charge in [-0.15, -0.1) is 22.7 Å². The first-order valence-corrected chi connectivity index (χ1v) is 7.86. The number of carbonyl (C=O) groups excluding carboxylic acids is 1. The summed E-state index contributed by atoms with van der Waals surface area (Å²) in [5.41, 5.74) is 0. The minimum absolute atomic E-state index is 0.170. The molecule has 0 fully saturated rings. The van der Waals surface area contributed by atoms with Gasteiger partial charge in [0, 0.05) is 25.9 Å². The van der Waals surface area contributed by atoms with Gasteiger partial charge in [-0.25, -0.2) is 0 Å². The molecule has 2 heterocycles. The molecule has 0 N–H and O–H groups in total. The number of hydrogen-bond acceptors (Lipinski definition) is 4. The van der Waals surface area contributed by atoms with Crippen LogP contribution >= 0.6 is 22.7 Å². The SMILES string of the molecule is CCC(=O)Oc1cc(C)sc1C.Cc1ccc(C)s1. The first-order chi connectivity index (χ1) is 8.92. The fraction of sp³-hybridized carbons (Fsp3) is 0.400. The Bertz CT molecular complexity index is 522. The number of aryl methyl sites for hydroxylation is 4. The van der Waals surface area contributed by atoms with Crippen LogP contribution in [-0.2, 0) is 4.79 Å². The highest BCUT2D eigenvalue weighted by atomic mass is 32.1. The zero-order valence-electron chi connectivity index (χ0n) is 12.1. The van der Waals surface area contributed by atoms with Crippen molar-refractivity contribution in [1.29, 1.82) is 0 Å². The second-order valence-corrected chi connectivity index (χ2v) is 7.21. The van der Waals surface area contributed by atoms with Gasteiger partial charge in [0.15, 0.2) is 0 Å². The van der Waals surface area contributed by atoms with Crippen molar-refractivity contribution in [1.82, 2.24) is 0 Å². The minimum Gasteiger partial charge on any atom is -0.425 e. The second kappa shape index (κ2) is 7.46. The van der Waals surface area contributed by atoms with E-state index < -0.39 is 0 Å². The molecule has 0 radical (unpaired) electrons. The summed E-state index contributed by atoms with van der Waals surface area (Å²) in [6.45, 7) is 9.99. The predicted octanol–water partition coefficient (Wildman–Crippen LogP) is 5.05. The van der Waals surface area contributed by atoms with Gasteiger partial charge in [0.25, 0.3) is 0 Å². The number of esters is 1. The number of carbonyl (C=O) groups is 1. The zero-order valence-corrected chi connectivity index (χ0v) is 13.7. The molecule has 0 saturated carbocycles. The number of hydrogen-bond donors (Lipinski definition) is 0. The van der Waals surface area contributed by atoms with E-state index in [9.17, 15) is 4.79 Å². The van der Waals surface area contributed by atoms with Gasteiger partial charge in [-0.2, -0.15) is 0 Å². The molecule has 0 amide bonds. The number of ether oxygens (including phenoxy) is 1. The third kappa shape index (κ3) is 5.57. The van der Waals surface area contributed by atoms with Gasteiger partial charge in [-0.05, 0) is 45.9 Å². The summed E-state index contributed by atoms with van der Waals surface area (Å²) in [5.74, 6) is 0.542. The maximum atomic E-state index is 10.9. The molecule has 19 heavy (non-hydrogen) atoms. The maximum Gasteiger partial charge on any atom is 0.310 e. The minimum atomic E-state index is -0.170.